The van der Waals surface area contributed by atoms with E-state index < -0.39 is 0 Å². The molecule has 0 radical (unpaired) electrons. The lowest BCUT2D eigenvalue weighted by atomic mass is 10.2. The van der Waals surface area contributed by atoms with Gasteiger partial charge in [0.1, 0.15) is 5.52 Å². The van der Waals surface area contributed by atoms with E-state index in [0.717, 1.165) is 21.1 Å². The Kier molecular flexibility index (Phi) is 2.33. The van der Waals surface area contributed by atoms with Crippen molar-refractivity contribution in [2.24, 2.45) is 0 Å². The Labute approximate surface area is 84.2 Å². The first-order valence-electron chi connectivity index (χ1n) is 3.99. The van der Waals surface area contributed by atoms with Crippen molar-refractivity contribution in [3.63, 3.8) is 0 Å². The molecule has 0 aliphatic rings. The molecule has 2 aromatic rings. The monoisotopic (exact) mass is 240 g/mol. The molecule has 2 rings (SSSR count). The Morgan fingerprint density at radius 1 is 1.54 bits per heavy atom. The topological polar surface area (TPSA) is 38.1 Å². The maximum atomic E-state index is 5.18. The maximum Gasteiger partial charge on any atom is 0.158 e. The van der Waals surface area contributed by atoms with E-state index in [1.807, 2.05) is 25.2 Å². The second kappa shape index (κ2) is 3.47. The fraction of sp³-hybridized carbons (Fsp3) is 0.222. The summed E-state index contributed by atoms with van der Waals surface area (Å²) in [7, 11) is 1.88. The predicted octanol–water partition coefficient (Wildman–Crippen LogP) is 2.31. The summed E-state index contributed by atoms with van der Waals surface area (Å²) >= 11 is 3.41. The fourth-order valence-electron chi connectivity index (χ4n) is 1.25. The first-order chi connectivity index (χ1) is 6.31. The van der Waals surface area contributed by atoms with Crippen LogP contribution in [-0.4, -0.2) is 12.2 Å². The largest absolute Gasteiger partial charge is 0.359 e. The van der Waals surface area contributed by atoms with Crippen molar-refractivity contribution < 1.29 is 4.52 Å². The molecule has 0 atom stereocenters. The second-order valence-corrected chi connectivity index (χ2v) is 3.71. The minimum absolute atomic E-state index is 0.701. The molecular formula is C9H9BrN2O. The molecule has 4 heteroatoms. The molecule has 0 bridgehead atoms. The van der Waals surface area contributed by atoms with E-state index >= 15 is 0 Å². The number of halogens is 1. The fourth-order valence-corrected chi connectivity index (χ4v) is 1.61. The Morgan fingerprint density at radius 3 is 3.15 bits per heavy atom. The number of nitrogens with one attached hydrogen (secondary N) is 1. The molecule has 0 aliphatic heterocycles. The molecule has 13 heavy (non-hydrogen) atoms. The molecule has 1 N–H and O–H groups in total. The van der Waals surface area contributed by atoms with Crippen LogP contribution >= 0.6 is 15.9 Å². The Bertz CT molecular complexity index is 424. The highest BCUT2D eigenvalue weighted by molar-refractivity contribution is 9.10. The lowest BCUT2D eigenvalue weighted by molar-refractivity contribution is 0.385. The summed E-state index contributed by atoms with van der Waals surface area (Å²) in [6.45, 7) is 0.701. The molecule has 1 heterocycles. The van der Waals surface area contributed by atoms with Crippen molar-refractivity contribution in [3.05, 3.63) is 28.4 Å². The van der Waals surface area contributed by atoms with E-state index in [1.165, 1.54) is 0 Å². The molecule has 0 saturated carbocycles. The normalized spacial score (nSPS) is 10.9. The molecule has 68 valence electrons. The zero-order chi connectivity index (χ0) is 9.26. The highest BCUT2D eigenvalue weighted by atomic mass is 79.9. The summed E-state index contributed by atoms with van der Waals surface area (Å²) in [5, 5.41) is 8.03. The molecule has 1 aromatic heterocycles. The van der Waals surface area contributed by atoms with Gasteiger partial charge in [0.25, 0.3) is 0 Å². The molecule has 0 aliphatic carbocycles. The van der Waals surface area contributed by atoms with E-state index in [2.05, 4.69) is 26.4 Å². The molecule has 1 aromatic carbocycles. The summed E-state index contributed by atoms with van der Waals surface area (Å²) < 4.78 is 6.22. The van der Waals surface area contributed by atoms with Crippen LogP contribution in [0.25, 0.3) is 10.9 Å². The van der Waals surface area contributed by atoms with Gasteiger partial charge in [-0.05, 0) is 25.2 Å². The van der Waals surface area contributed by atoms with Gasteiger partial charge in [0, 0.05) is 9.86 Å². The molecule has 0 unspecified atom stereocenters. The van der Waals surface area contributed by atoms with Crippen LogP contribution in [0.1, 0.15) is 5.76 Å². The number of rotatable bonds is 2. The third-order valence-corrected chi connectivity index (χ3v) is 2.34. The number of benzene rings is 1. The van der Waals surface area contributed by atoms with Gasteiger partial charge in [-0.3, -0.25) is 0 Å². The van der Waals surface area contributed by atoms with Crippen molar-refractivity contribution in [2.75, 3.05) is 7.05 Å². The summed E-state index contributed by atoms with van der Waals surface area (Å²) in [5.41, 5.74) is 0.897. The average molecular weight is 241 g/mol. The first-order valence-corrected chi connectivity index (χ1v) is 4.79. The summed E-state index contributed by atoms with van der Waals surface area (Å²) in [6.07, 6.45) is 0. The van der Waals surface area contributed by atoms with Gasteiger partial charge < -0.3 is 9.84 Å². The highest BCUT2D eigenvalue weighted by Gasteiger charge is 2.06. The maximum absolute atomic E-state index is 5.18. The van der Waals surface area contributed by atoms with Crippen LogP contribution < -0.4 is 5.32 Å². The van der Waals surface area contributed by atoms with Crippen LogP contribution in [0.2, 0.25) is 0 Å². The number of fused-ring (bicyclic) bond motifs is 1. The molecule has 0 amide bonds. The van der Waals surface area contributed by atoms with Crippen LogP contribution in [0.3, 0.4) is 0 Å². The molecule has 3 nitrogen and oxygen atoms in total. The molecule has 0 spiro atoms. The van der Waals surface area contributed by atoms with Gasteiger partial charge >= 0.3 is 0 Å². The zero-order valence-electron chi connectivity index (χ0n) is 7.17. The Morgan fingerprint density at radius 2 is 2.38 bits per heavy atom. The SMILES string of the molecule is CNCc1onc2ccc(Br)cc12. The van der Waals surface area contributed by atoms with Crippen molar-refractivity contribution in [3.8, 4) is 0 Å². The van der Waals surface area contributed by atoms with Crippen LogP contribution in [0.15, 0.2) is 27.2 Å². The molecular weight excluding hydrogens is 232 g/mol. The van der Waals surface area contributed by atoms with Gasteiger partial charge in [-0.2, -0.15) is 0 Å². The Balaban J connectivity index is 2.58. The average Bonchev–Trinajstić information content (AvgIpc) is 2.49. The van der Waals surface area contributed by atoms with Gasteiger partial charge in [-0.25, -0.2) is 0 Å². The van der Waals surface area contributed by atoms with E-state index in [1.54, 1.807) is 0 Å². The summed E-state index contributed by atoms with van der Waals surface area (Å²) in [6, 6.07) is 5.90. The number of nitrogens with zero attached hydrogens (tertiary/aromatic N) is 1. The van der Waals surface area contributed by atoms with Crippen molar-refractivity contribution in [2.45, 2.75) is 6.54 Å². The van der Waals surface area contributed by atoms with Gasteiger partial charge in [0.2, 0.25) is 0 Å². The standard InChI is InChI=1S/C9H9BrN2O/c1-11-5-9-7-4-6(10)2-3-8(7)12-13-9/h2-4,11H,5H2,1H3. The van der Waals surface area contributed by atoms with E-state index in [-0.39, 0.29) is 0 Å². The van der Waals surface area contributed by atoms with Crippen LogP contribution in [0, 0.1) is 0 Å². The highest BCUT2D eigenvalue weighted by Crippen LogP contribution is 2.22. The summed E-state index contributed by atoms with van der Waals surface area (Å²) in [4.78, 5) is 0. The van der Waals surface area contributed by atoms with Gasteiger partial charge in [-0.1, -0.05) is 21.1 Å². The summed E-state index contributed by atoms with van der Waals surface area (Å²) in [5.74, 6) is 0.874. The molecule has 0 fully saturated rings. The number of hydrogen-bond acceptors (Lipinski definition) is 3. The first kappa shape index (κ1) is 8.72. The smallest absolute Gasteiger partial charge is 0.158 e. The zero-order valence-corrected chi connectivity index (χ0v) is 8.76. The minimum Gasteiger partial charge on any atom is -0.359 e. The van der Waals surface area contributed by atoms with Crippen molar-refractivity contribution >= 4 is 26.8 Å². The predicted molar refractivity (Wildman–Crippen MR) is 54.5 cm³/mol. The van der Waals surface area contributed by atoms with Gasteiger partial charge in [0.05, 0.1) is 6.54 Å². The molecule has 0 saturated heterocycles. The third-order valence-electron chi connectivity index (χ3n) is 1.85. The van der Waals surface area contributed by atoms with Crippen LogP contribution in [-0.2, 0) is 6.54 Å². The van der Waals surface area contributed by atoms with Crippen LogP contribution in [0.5, 0.6) is 0 Å². The van der Waals surface area contributed by atoms with Gasteiger partial charge in [-0.15, -0.1) is 0 Å². The van der Waals surface area contributed by atoms with E-state index in [0.29, 0.717) is 6.54 Å². The minimum atomic E-state index is 0.701. The number of hydrogen-bond donors (Lipinski definition) is 1. The van der Waals surface area contributed by atoms with Gasteiger partial charge in [0.15, 0.2) is 5.76 Å². The van der Waals surface area contributed by atoms with Crippen molar-refractivity contribution in [1.82, 2.24) is 10.5 Å². The number of aromatic nitrogens is 1. The third kappa shape index (κ3) is 1.59. The lowest BCUT2D eigenvalue weighted by Crippen LogP contribution is -2.03. The van der Waals surface area contributed by atoms with Crippen molar-refractivity contribution in [1.29, 1.82) is 0 Å². The van der Waals surface area contributed by atoms with Crippen LogP contribution in [0.4, 0.5) is 0 Å². The van der Waals surface area contributed by atoms with E-state index in [4.69, 9.17) is 4.52 Å². The van der Waals surface area contributed by atoms with E-state index in [9.17, 15) is 0 Å². The second-order valence-electron chi connectivity index (χ2n) is 2.80. The Hall–Kier alpha value is -0.870. The quantitative estimate of drug-likeness (QED) is 0.876. The lowest BCUT2D eigenvalue weighted by Gasteiger charge is -1.93.